The third-order valence-corrected chi connectivity index (χ3v) is 5.17. The summed E-state index contributed by atoms with van der Waals surface area (Å²) in [6.45, 7) is 8.08. The van der Waals surface area contributed by atoms with Gasteiger partial charge in [0.25, 0.3) is 0 Å². The summed E-state index contributed by atoms with van der Waals surface area (Å²) in [5, 5.41) is 3.05. The van der Waals surface area contributed by atoms with Crippen LogP contribution in [0.2, 0.25) is 0 Å². The number of hydrogen-bond donors (Lipinski definition) is 1. The standard InChI is InChI=1S/C20H31N3O2/c1-17-5-4-6-18(15-17)23-12-10-22(11-13-23)16-20(24)21-9-8-19-7-2-3-14-25-19/h4-6,15,19H,2-3,7-14,16H2,1H3,(H,21,24)/t19-/m0/s1. The fourth-order valence-electron chi connectivity index (χ4n) is 3.66. The topological polar surface area (TPSA) is 44.8 Å². The van der Waals surface area contributed by atoms with Crippen molar-refractivity contribution in [2.45, 2.75) is 38.7 Å². The number of amides is 1. The first-order valence-corrected chi connectivity index (χ1v) is 9.63. The second-order valence-corrected chi connectivity index (χ2v) is 7.23. The largest absolute Gasteiger partial charge is 0.378 e. The molecule has 5 nitrogen and oxygen atoms in total. The number of piperazine rings is 1. The zero-order valence-electron chi connectivity index (χ0n) is 15.4. The maximum absolute atomic E-state index is 12.1. The van der Waals surface area contributed by atoms with Crippen molar-refractivity contribution in [2.24, 2.45) is 0 Å². The van der Waals surface area contributed by atoms with Gasteiger partial charge in [0.1, 0.15) is 0 Å². The van der Waals surface area contributed by atoms with Crippen LogP contribution in [0.15, 0.2) is 24.3 Å². The number of nitrogens with one attached hydrogen (secondary N) is 1. The number of ether oxygens (including phenoxy) is 1. The Bertz CT molecular complexity index is 550. The van der Waals surface area contributed by atoms with E-state index in [1.54, 1.807) is 0 Å². The van der Waals surface area contributed by atoms with Crippen LogP contribution in [0.4, 0.5) is 5.69 Å². The van der Waals surface area contributed by atoms with Gasteiger partial charge in [-0.25, -0.2) is 0 Å². The minimum atomic E-state index is 0.139. The predicted molar refractivity (Wildman–Crippen MR) is 101 cm³/mol. The van der Waals surface area contributed by atoms with E-state index in [9.17, 15) is 4.79 Å². The third kappa shape index (κ3) is 5.72. The van der Waals surface area contributed by atoms with Crippen molar-refractivity contribution in [3.8, 4) is 0 Å². The summed E-state index contributed by atoms with van der Waals surface area (Å²) >= 11 is 0. The summed E-state index contributed by atoms with van der Waals surface area (Å²) in [7, 11) is 0. The molecule has 0 saturated carbocycles. The molecule has 0 aromatic heterocycles. The molecule has 25 heavy (non-hydrogen) atoms. The first-order valence-electron chi connectivity index (χ1n) is 9.63. The van der Waals surface area contributed by atoms with Crippen LogP contribution in [0.5, 0.6) is 0 Å². The summed E-state index contributed by atoms with van der Waals surface area (Å²) in [6.07, 6.45) is 4.84. The average molecular weight is 345 g/mol. The van der Waals surface area contributed by atoms with Crippen LogP contribution >= 0.6 is 0 Å². The van der Waals surface area contributed by atoms with E-state index in [0.29, 0.717) is 12.6 Å². The molecule has 1 amide bonds. The van der Waals surface area contributed by atoms with Crippen molar-refractivity contribution < 1.29 is 9.53 Å². The highest BCUT2D eigenvalue weighted by Crippen LogP contribution is 2.18. The molecule has 0 radical (unpaired) electrons. The minimum Gasteiger partial charge on any atom is -0.378 e. The van der Waals surface area contributed by atoms with E-state index in [-0.39, 0.29) is 5.91 Å². The summed E-state index contributed by atoms with van der Waals surface area (Å²) in [5.41, 5.74) is 2.58. The van der Waals surface area contributed by atoms with Gasteiger partial charge in [-0.2, -0.15) is 0 Å². The molecule has 2 aliphatic heterocycles. The normalized spacial score (nSPS) is 22.0. The van der Waals surface area contributed by atoms with E-state index in [1.807, 2.05) is 0 Å². The van der Waals surface area contributed by atoms with Gasteiger partial charge in [0, 0.05) is 45.0 Å². The molecule has 3 rings (SSSR count). The summed E-state index contributed by atoms with van der Waals surface area (Å²) in [5.74, 6) is 0.139. The van der Waals surface area contributed by atoms with Crippen LogP contribution in [0.1, 0.15) is 31.2 Å². The van der Waals surface area contributed by atoms with Gasteiger partial charge >= 0.3 is 0 Å². The Balaban J connectivity index is 1.33. The van der Waals surface area contributed by atoms with E-state index in [1.165, 1.54) is 24.1 Å². The van der Waals surface area contributed by atoms with Crippen molar-refractivity contribution in [1.82, 2.24) is 10.2 Å². The molecule has 0 aliphatic carbocycles. The molecular weight excluding hydrogens is 314 g/mol. The second kappa shape index (κ2) is 9.20. The van der Waals surface area contributed by atoms with Gasteiger partial charge in [-0.15, -0.1) is 0 Å². The van der Waals surface area contributed by atoms with Gasteiger partial charge in [0.15, 0.2) is 0 Å². The fourth-order valence-corrected chi connectivity index (χ4v) is 3.66. The molecule has 0 unspecified atom stereocenters. The van der Waals surface area contributed by atoms with Crippen molar-refractivity contribution in [3.63, 3.8) is 0 Å². The van der Waals surface area contributed by atoms with Crippen molar-refractivity contribution in [2.75, 3.05) is 50.8 Å². The lowest BCUT2D eigenvalue weighted by molar-refractivity contribution is -0.122. The number of anilines is 1. The van der Waals surface area contributed by atoms with Crippen LogP contribution in [0, 0.1) is 6.92 Å². The van der Waals surface area contributed by atoms with Crippen LogP contribution in [-0.2, 0) is 9.53 Å². The Morgan fingerprint density at radius 1 is 1.24 bits per heavy atom. The summed E-state index contributed by atoms with van der Waals surface area (Å²) < 4.78 is 5.70. The molecular formula is C20H31N3O2. The average Bonchev–Trinajstić information content (AvgIpc) is 2.63. The number of carbonyl (C=O) groups is 1. The van der Waals surface area contributed by atoms with Crippen LogP contribution in [0.3, 0.4) is 0 Å². The molecule has 1 atom stereocenters. The van der Waals surface area contributed by atoms with Crippen molar-refractivity contribution in [1.29, 1.82) is 0 Å². The lowest BCUT2D eigenvalue weighted by atomic mass is 10.1. The lowest BCUT2D eigenvalue weighted by Crippen LogP contribution is -2.49. The van der Waals surface area contributed by atoms with Gasteiger partial charge in [-0.05, 0) is 50.3 Å². The quantitative estimate of drug-likeness (QED) is 0.858. The number of nitrogens with zero attached hydrogens (tertiary/aromatic N) is 2. The highest BCUT2D eigenvalue weighted by atomic mass is 16.5. The van der Waals surface area contributed by atoms with E-state index in [2.05, 4.69) is 46.3 Å². The zero-order valence-corrected chi connectivity index (χ0v) is 15.4. The van der Waals surface area contributed by atoms with Gasteiger partial charge in [0.2, 0.25) is 5.91 Å². The molecule has 0 bridgehead atoms. The molecule has 1 aromatic carbocycles. The first kappa shape index (κ1) is 18.2. The molecule has 2 aliphatic rings. The minimum absolute atomic E-state index is 0.139. The maximum atomic E-state index is 12.1. The molecule has 2 heterocycles. The smallest absolute Gasteiger partial charge is 0.234 e. The lowest BCUT2D eigenvalue weighted by Gasteiger charge is -2.35. The predicted octanol–water partition coefficient (Wildman–Crippen LogP) is 2.19. The molecule has 1 N–H and O–H groups in total. The molecule has 138 valence electrons. The molecule has 1 aromatic rings. The molecule has 0 spiro atoms. The van der Waals surface area contributed by atoms with Crippen molar-refractivity contribution >= 4 is 11.6 Å². The van der Waals surface area contributed by atoms with Gasteiger partial charge in [-0.3, -0.25) is 9.69 Å². The SMILES string of the molecule is Cc1cccc(N2CCN(CC(=O)NCC[C@@H]3CCCCO3)CC2)c1. The van der Waals surface area contributed by atoms with Crippen molar-refractivity contribution in [3.05, 3.63) is 29.8 Å². The van der Waals surface area contributed by atoms with Crippen LogP contribution < -0.4 is 10.2 Å². The van der Waals surface area contributed by atoms with Gasteiger partial charge in [-0.1, -0.05) is 12.1 Å². The van der Waals surface area contributed by atoms with E-state index in [4.69, 9.17) is 4.74 Å². The number of carbonyl (C=O) groups excluding carboxylic acids is 1. The molecule has 5 heteroatoms. The molecule has 2 fully saturated rings. The summed E-state index contributed by atoms with van der Waals surface area (Å²) in [6, 6.07) is 8.64. The monoisotopic (exact) mass is 345 g/mol. The Morgan fingerprint density at radius 2 is 2.08 bits per heavy atom. The zero-order chi connectivity index (χ0) is 17.5. The highest BCUT2D eigenvalue weighted by molar-refractivity contribution is 5.78. The second-order valence-electron chi connectivity index (χ2n) is 7.23. The Morgan fingerprint density at radius 3 is 2.80 bits per heavy atom. The molecule has 2 saturated heterocycles. The number of benzene rings is 1. The first-order chi connectivity index (χ1) is 12.2. The third-order valence-electron chi connectivity index (χ3n) is 5.17. The van der Waals surface area contributed by atoms with E-state index >= 15 is 0 Å². The van der Waals surface area contributed by atoms with E-state index in [0.717, 1.165) is 52.2 Å². The number of aryl methyl sites for hydroxylation is 1. The summed E-state index contributed by atoms with van der Waals surface area (Å²) in [4.78, 5) is 16.8. The van der Waals surface area contributed by atoms with E-state index < -0.39 is 0 Å². The number of hydrogen-bond acceptors (Lipinski definition) is 4. The van der Waals surface area contributed by atoms with Gasteiger partial charge < -0.3 is 15.0 Å². The van der Waals surface area contributed by atoms with Crippen LogP contribution in [-0.4, -0.2) is 62.8 Å². The van der Waals surface area contributed by atoms with Crippen LogP contribution in [0.25, 0.3) is 0 Å². The number of rotatable bonds is 6. The van der Waals surface area contributed by atoms with Gasteiger partial charge in [0.05, 0.1) is 12.6 Å². The fraction of sp³-hybridized carbons (Fsp3) is 0.650. The Labute approximate surface area is 151 Å². The Hall–Kier alpha value is -1.59. The highest BCUT2D eigenvalue weighted by Gasteiger charge is 2.19. The Kier molecular flexibility index (Phi) is 6.70. The maximum Gasteiger partial charge on any atom is 0.234 e.